The van der Waals surface area contributed by atoms with E-state index in [1.807, 2.05) is 42.6 Å². The Morgan fingerprint density at radius 2 is 1.38 bits per heavy atom. The number of para-hydroxylation sites is 5. The number of fused-ring (bicyclic) bond motifs is 7. The minimum absolute atomic E-state index is 0. The van der Waals surface area contributed by atoms with E-state index in [2.05, 4.69) is 141 Å². The topological polar surface area (TPSA) is 58.0 Å². The van der Waals surface area contributed by atoms with Crippen LogP contribution in [0.4, 0.5) is 0 Å². The number of nitrogens with zero attached hydrogens (tertiary/aromatic N) is 4. The van der Waals surface area contributed by atoms with Gasteiger partial charge in [0.2, 0.25) is 0 Å². The van der Waals surface area contributed by atoms with Crippen LogP contribution in [0.5, 0.6) is 11.5 Å². The van der Waals surface area contributed by atoms with Crippen molar-refractivity contribution in [2.45, 2.75) is 40.0 Å². The summed E-state index contributed by atoms with van der Waals surface area (Å²) in [5.41, 5.74) is 10.6. The van der Waals surface area contributed by atoms with E-state index in [-0.39, 0.29) is 26.5 Å². The minimum atomic E-state index is -0.0314. The Morgan fingerprint density at radius 3 is 2.18 bits per heavy atom. The molecule has 6 nitrogen and oxygen atoms in total. The second-order valence-corrected chi connectivity index (χ2v) is 15.0. The summed E-state index contributed by atoms with van der Waals surface area (Å²) in [5.74, 6) is 2.67. The van der Waals surface area contributed by atoms with Crippen LogP contribution in [0, 0.1) is 26.0 Å². The Labute approximate surface area is 333 Å². The molecule has 55 heavy (non-hydrogen) atoms. The molecule has 0 radical (unpaired) electrons. The average molecular weight is 896 g/mol. The van der Waals surface area contributed by atoms with Crippen molar-refractivity contribution in [3.05, 3.63) is 156 Å². The SMILES string of the molecule is Cc1cccc(C)c1-n1c(-c2[c-]c(Oc3[c-]c4c(cc3)c3ccccc3n4-c3cc(C(C)(C)C)ccn3)cc3c2oc2ccccc23)nc2ccccc21.[Pt+2]. The molecule has 6 aromatic carbocycles. The van der Waals surface area contributed by atoms with E-state index < -0.39 is 0 Å². The van der Waals surface area contributed by atoms with Crippen LogP contribution in [0.15, 0.2) is 132 Å². The molecule has 0 bridgehead atoms. The van der Waals surface area contributed by atoms with Gasteiger partial charge in [0.05, 0.1) is 22.4 Å². The van der Waals surface area contributed by atoms with E-state index in [9.17, 15) is 0 Å². The molecule has 7 heteroatoms. The minimum Gasteiger partial charge on any atom is -0.503 e. The molecular formula is C48H36N4O2Pt. The van der Waals surface area contributed by atoms with E-state index in [4.69, 9.17) is 19.1 Å². The number of ether oxygens (including phenoxy) is 1. The van der Waals surface area contributed by atoms with Crippen molar-refractivity contribution < 1.29 is 30.2 Å². The Balaban J connectivity index is 0.00000397. The summed E-state index contributed by atoms with van der Waals surface area (Å²) < 4.78 is 17.8. The van der Waals surface area contributed by atoms with Gasteiger partial charge in [0.1, 0.15) is 11.4 Å². The molecule has 0 saturated carbocycles. The van der Waals surface area contributed by atoms with E-state index in [1.54, 1.807) is 0 Å². The van der Waals surface area contributed by atoms with Gasteiger partial charge < -0.3 is 18.3 Å². The maximum absolute atomic E-state index is 6.78. The van der Waals surface area contributed by atoms with Crippen LogP contribution in [0.25, 0.3) is 77.7 Å². The largest absolute Gasteiger partial charge is 2.00 e. The van der Waals surface area contributed by atoms with E-state index in [1.165, 1.54) is 5.56 Å². The van der Waals surface area contributed by atoms with E-state index in [0.29, 0.717) is 17.1 Å². The fraction of sp³-hybridized carbons (Fsp3) is 0.125. The number of pyridine rings is 1. The molecule has 0 aliphatic rings. The summed E-state index contributed by atoms with van der Waals surface area (Å²) in [6.07, 6.45) is 1.89. The molecule has 0 aliphatic heterocycles. The van der Waals surface area contributed by atoms with Gasteiger partial charge in [0.25, 0.3) is 0 Å². The molecule has 10 rings (SSSR count). The van der Waals surface area contributed by atoms with Gasteiger partial charge in [0, 0.05) is 34.3 Å². The zero-order chi connectivity index (χ0) is 36.7. The molecule has 0 saturated heterocycles. The van der Waals surface area contributed by atoms with Crippen LogP contribution < -0.4 is 4.74 Å². The zero-order valence-electron chi connectivity index (χ0n) is 31.0. The molecule has 0 amide bonds. The molecule has 0 atom stereocenters. The van der Waals surface area contributed by atoms with Gasteiger partial charge in [-0.3, -0.25) is 4.98 Å². The Hall–Kier alpha value is -5.97. The van der Waals surface area contributed by atoms with Gasteiger partial charge in [-0.1, -0.05) is 116 Å². The summed E-state index contributed by atoms with van der Waals surface area (Å²) >= 11 is 0. The average Bonchev–Trinajstić information content (AvgIpc) is 3.84. The molecule has 0 spiro atoms. The second-order valence-electron chi connectivity index (χ2n) is 15.0. The van der Waals surface area contributed by atoms with Crippen LogP contribution in [-0.4, -0.2) is 19.1 Å². The molecular weight excluding hydrogens is 860 g/mol. The summed E-state index contributed by atoms with van der Waals surface area (Å²) in [4.78, 5) is 10.1. The van der Waals surface area contributed by atoms with Crippen LogP contribution >= 0.6 is 0 Å². The number of aryl methyl sites for hydroxylation is 2. The third-order valence-electron chi connectivity index (χ3n) is 10.4. The van der Waals surface area contributed by atoms with Crippen molar-refractivity contribution in [2.24, 2.45) is 0 Å². The molecule has 4 aromatic heterocycles. The van der Waals surface area contributed by atoms with Crippen molar-refractivity contribution in [3.8, 4) is 34.4 Å². The van der Waals surface area contributed by atoms with Crippen molar-refractivity contribution in [3.63, 3.8) is 0 Å². The van der Waals surface area contributed by atoms with Crippen LogP contribution in [0.1, 0.15) is 37.5 Å². The van der Waals surface area contributed by atoms with Crippen molar-refractivity contribution in [2.75, 3.05) is 0 Å². The number of imidazole rings is 1. The van der Waals surface area contributed by atoms with Crippen LogP contribution in [-0.2, 0) is 26.5 Å². The maximum Gasteiger partial charge on any atom is 2.00 e. The predicted octanol–water partition coefficient (Wildman–Crippen LogP) is 12.4. The molecule has 270 valence electrons. The number of aromatic nitrogens is 4. The van der Waals surface area contributed by atoms with Crippen LogP contribution in [0.3, 0.4) is 0 Å². The fourth-order valence-corrected chi connectivity index (χ4v) is 7.83. The first kappa shape index (κ1) is 34.8. The van der Waals surface area contributed by atoms with Crippen molar-refractivity contribution in [1.29, 1.82) is 0 Å². The summed E-state index contributed by atoms with van der Waals surface area (Å²) in [6.45, 7) is 10.9. The maximum atomic E-state index is 6.78. The van der Waals surface area contributed by atoms with E-state index in [0.717, 1.165) is 83.2 Å². The number of rotatable bonds is 5. The number of hydrogen-bond acceptors (Lipinski definition) is 4. The summed E-state index contributed by atoms with van der Waals surface area (Å²) in [6, 6.07) is 48.8. The Morgan fingerprint density at radius 1 is 0.655 bits per heavy atom. The Bertz CT molecular complexity index is 3090. The first-order chi connectivity index (χ1) is 26.2. The first-order valence-corrected chi connectivity index (χ1v) is 18.3. The third kappa shape index (κ3) is 5.66. The fourth-order valence-electron chi connectivity index (χ4n) is 7.83. The Kier molecular flexibility index (Phi) is 8.29. The normalized spacial score (nSPS) is 11.9. The summed E-state index contributed by atoms with van der Waals surface area (Å²) in [7, 11) is 0. The van der Waals surface area contributed by atoms with Crippen molar-refractivity contribution >= 4 is 54.8 Å². The molecule has 10 aromatic rings. The van der Waals surface area contributed by atoms with Gasteiger partial charge in [-0.2, -0.15) is 6.07 Å². The van der Waals surface area contributed by atoms with Gasteiger partial charge in [-0.15, -0.1) is 17.5 Å². The van der Waals surface area contributed by atoms with Crippen LogP contribution in [0.2, 0.25) is 0 Å². The second kappa shape index (κ2) is 13.1. The molecule has 0 aliphatic carbocycles. The first-order valence-electron chi connectivity index (χ1n) is 18.3. The van der Waals surface area contributed by atoms with Crippen molar-refractivity contribution in [1.82, 2.24) is 19.1 Å². The van der Waals surface area contributed by atoms with Gasteiger partial charge in [-0.05, 0) is 77.7 Å². The molecule has 0 fully saturated rings. The number of furan rings is 1. The predicted molar refractivity (Wildman–Crippen MR) is 218 cm³/mol. The molecule has 0 unspecified atom stereocenters. The number of hydrogen-bond donors (Lipinski definition) is 0. The smallest absolute Gasteiger partial charge is 0.503 e. The molecule has 0 N–H and O–H groups in total. The third-order valence-corrected chi connectivity index (χ3v) is 10.4. The quantitative estimate of drug-likeness (QED) is 0.162. The summed E-state index contributed by atoms with van der Waals surface area (Å²) in [5, 5.41) is 4.12. The monoisotopic (exact) mass is 895 g/mol. The van der Waals surface area contributed by atoms with Gasteiger partial charge in [-0.25, -0.2) is 4.98 Å². The zero-order valence-corrected chi connectivity index (χ0v) is 33.3. The number of benzene rings is 6. The van der Waals surface area contributed by atoms with E-state index >= 15 is 0 Å². The van der Waals surface area contributed by atoms with Gasteiger partial charge >= 0.3 is 21.1 Å². The van der Waals surface area contributed by atoms with Gasteiger partial charge in [0.15, 0.2) is 0 Å². The molecule has 4 heterocycles. The standard InChI is InChI=1S/C48H36N4O2.Pt/c1-29-13-12-14-30(2)45(29)52-41-19-10-8-17-39(41)50-47(52)38-27-33(26-37-36-16-7-11-20-43(36)54-46(37)38)53-32-21-22-35-34-15-6-9-18-40(34)51(42(35)28-32)44-25-31(23-24-49-44)48(3,4)5;/h6-26H,1-5H3;/q-2;+2.